The summed E-state index contributed by atoms with van der Waals surface area (Å²) < 4.78 is 0.912. The van der Waals surface area contributed by atoms with Gasteiger partial charge in [-0.25, -0.2) is 0 Å². The lowest BCUT2D eigenvalue weighted by atomic mass is 9.80. The fraction of sp³-hybridized carbons (Fsp3) is 0.250. The lowest BCUT2D eigenvalue weighted by Gasteiger charge is -2.25. The Kier molecular flexibility index (Phi) is 3.50. The molecule has 2 aliphatic rings. The summed E-state index contributed by atoms with van der Waals surface area (Å²) in [4.78, 5) is 25.4. The highest BCUT2D eigenvalue weighted by Gasteiger charge is 2.40. The number of nitrogens with zero attached hydrogens (tertiary/aromatic N) is 1. The van der Waals surface area contributed by atoms with Crippen molar-refractivity contribution in [3.8, 4) is 0 Å². The van der Waals surface area contributed by atoms with Crippen LogP contribution in [0.2, 0.25) is 0 Å². The fourth-order valence-corrected chi connectivity index (χ4v) is 3.59. The first kappa shape index (κ1) is 13.5. The van der Waals surface area contributed by atoms with Gasteiger partial charge in [-0.3, -0.25) is 14.5 Å². The summed E-state index contributed by atoms with van der Waals surface area (Å²) in [7, 11) is 1.54. The number of fused-ring (bicyclic) bond motifs is 1. The second-order valence-corrected chi connectivity index (χ2v) is 5.97. The van der Waals surface area contributed by atoms with E-state index in [2.05, 4.69) is 34.7 Å². The van der Waals surface area contributed by atoms with Gasteiger partial charge in [0.25, 0.3) is 11.8 Å². The van der Waals surface area contributed by atoms with E-state index >= 15 is 0 Å². The Morgan fingerprint density at radius 3 is 2.25 bits per heavy atom. The molecule has 1 aliphatic heterocycles. The van der Waals surface area contributed by atoms with Gasteiger partial charge in [0.05, 0.1) is 0 Å². The van der Waals surface area contributed by atoms with Gasteiger partial charge >= 0.3 is 0 Å². The lowest BCUT2D eigenvalue weighted by Crippen LogP contribution is -2.24. The maximum absolute atomic E-state index is 12.1. The lowest BCUT2D eigenvalue weighted by molar-refractivity contribution is -0.134. The van der Waals surface area contributed by atoms with Crippen molar-refractivity contribution in [1.29, 1.82) is 0 Å². The van der Waals surface area contributed by atoms with Crippen LogP contribution in [0.25, 0.3) is 0 Å². The number of likely N-dealkylation sites (tertiary alicyclic amines) is 1. The van der Waals surface area contributed by atoms with Gasteiger partial charge in [-0.15, -0.1) is 0 Å². The molecule has 0 radical (unpaired) electrons. The van der Waals surface area contributed by atoms with Crippen molar-refractivity contribution in [3.63, 3.8) is 0 Å². The molecule has 2 atom stereocenters. The SMILES string of the molecule is CN1C(=O)C2=CC(c3ccccc3)[C@@H](CI)C=C2C1=O. The van der Waals surface area contributed by atoms with Gasteiger partial charge in [-0.2, -0.15) is 0 Å². The quantitative estimate of drug-likeness (QED) is 0.450. The Hall–Kier alpha value is -1.43. The van der Waals surface area contributed by atoms with Gasteiger partial charge in [0.2, 0.25) is 0 Å². The van der Waals surface area contributed by atoms with Crippen molar-refractivity contribution in [2.45, 2.75) is 5.92 Å². The van der Waals surface area contributed by atoms with Crippen LogP contribution in [0.4, 0.5) is 0 Å². The van der Waals surface area contributed by atoms with E-state index in [1.165, 1.54) is 10.5 Å². The predicted molar refractivity (Wildman–Crippen MR) is 85.5 cm³/mol. The van der Waals surface area contributed by atoms with E-state index in [0.29, 0.717) is 11.1 Å². The van der Waals surface area contributed by atoms with Crippen LogP contribution >= 0.6 is 22.6 Å². The van der Waals surface area contributed by atoms with E-state index in [1.54, 1.807) is 7.05 Å². The van der Waals surface area contributed by atoms with Crippen LogP contribution in [0.3, 0.4) is 0 Å². The Morgan fingerprint density at radius 2 is 1.65 bits per heavy atom. The average molecular weight is 379 g/mol. The molecule has 4 heteroatoms. The fourth-order valence-electron chi connectivity index (χ4n) is 2.79. The third kappa shape index (κ3) is 2.02. The molecule has 0 aromatic heterocycles. The minimum Gasteiger partial charge on any atom is -0.277 e. The normalized spacial score (nSPS) is 25.4. The second kappa shape index (κ2) is 5.16. The average Bonchev–Trinajstić information content (AvgIpc) is 2.71. The molecule has 0 bridgehead atoms. The van der Waals surface area contributed by atoms with Crippen molar-refractivity contribution in [2.24, 2.45) is 5.92 Å². The second-order valence-electron chi connectivity index (χ2n) is 5.08. The van der Waals surface area contributed by atoms with Crippen molar-refractivity contribution in [3.05, 3.63) is 59.2 Å². The molecular formula is C16H14INO2. The Bertz CT molecular complexity index is 633. The topological polar surface area (TPSA) is 37.4 Å². The first-order chi connectivity index (χ1) is 9.63. The standard InChI is InChI=1S/C16H14INO2/c1-18-15(19)13-7-11(9-17)12(8-14(13)16(18)20)10-5-3-2-4-6-10/h2-8,11-12H,9H2,1H3/t11-,12?/m1/s1. The molecule has 3 nitrogen and oxygen atoms in total. The largest absolute Gasteiger partial charge is 0.277 e. The van der Waals surface area contributed by atoms with E-state index < -0.39 is 0 Å². The number of halogens is 1. The summed E-state index contributed by atoms with van der Waals surface area (Å²) >= 11 is 2.34. The molecule has 1 aromatic rings. The third-order valence-electron chi connectivity index (χ3n) is 3.91. The number of hydrogen-bond acceptors (Lipinski definition) is 2. The van der Waals surface area contributed by atoms with Crippen molar-refractivity contribution >= 4 is 34.4 Å². The number of carbonyl (C=O) groups is 2. The zero-order valence-corrected chi connectivity index (χ0v) is 13.2. The first-order valence-corrected chi connectivity index (χ1v) is 8.03. The molecule has 1 saturated heterocycles. The van der Waals surface area contributed by atoms with Crippen LogP contribution < -0.4 is 0 Å². The molecule has 1 unspecified atom stereocenters. The molecule has 0 N–H and O–H groups in total. The van der Waals surface area contributed by atoms with Crippen LogP contribution in [0.15, 0.2) is 53.6 Å². The summed E-state index contributed by atoms with van der Waals surface area (Å²) in [6, 6.07) is 10.1. The van der Waals surface area contributed by atoms with Gasteiger partial charge in [0.15, 0.2) is 0 Å². The molecule has 20 heavy (non-hydrogen) atoms. The van der Waals surface area contributed by atoms with Crippen molar-refractivity contribution < 1.29 is 9.59 Å². The number of amides is 2. The summed E-state index contributed by atoms with van der Waals surface area (Å²) in [6.45, 7) is 0. The molecule has 0 saturated carbocycles. The molecular weight excluding hydrogens is 365 g/mol. The maximum Gasteiger partial charge on any atom is 0.260 e. The predicted octanol–water partition coefficient (Wildman–Crippen LogP) is 2.69. The summed E-state index contributed by atoms with van der Waals surface area (Å²) in [5, 5.41) is 0. The van der Waals surface area contributed by atoms with Crippen LogP contribution in [0.1, 0.15) is 11.5 Å². The first-order valence-electron chi connectivity index (χ1n) is 6.50. The number of imide groups is 1. The van der Waals surface area contributed by atoms with Crippen LogP contribution in [-0.2, 0) is 9.59 Å². The zero-order chi connectivity index (χ0) is 14.3. The Balaban J connectivity index is 2.07. The van der Waals surface area contributed by atoms with Gasteiger partial charge in [0, 0.05) is 28.5 Å². The molecule has 0 spiro atoms. The third-order valence-corrected chi connectivity index (χ3v) is 4.93. The number of carbonyl (C=O) groups excluding carboxylic acids is 2. The van der Waals surface area contributed by atoms with E-state index in [4.69, 9.17) is 0 Å². The van der Waals surface area contributed by atoms with E-state index in [-0.39, 0.29) is 23.7 Å². The number of hydrogen-bond donors (Lipinski definition) is 0. The van der Waals surface area contributed by atoms with Gasteiger partial charge < -0.3 is 0 Å². The molecule has 102 valence electrons. The van der Waals surface area contributed by atoms with Gasteiger partial charge in [-0.05, 0) is 11.5 Å². The van der Waals surface area contributed by atoms with Gasteiger partial charge in [0.1, 0.15) is 0 Å². The minimum absolute atomic E-state index is 0.162. The summed E-state index contributed by atoms with van der Waals surface area (Å²) in [5.74, 6) is 0.0480. The maximum atomic E-state index is 12.1. The van der Waals surface area contributed by atoms with Crippen molar-refractivity contribution in [2.75, 3.05) is 11.5 Å². The minimum atomic E-state index is -0.186. The zero-order valence-electron chi connectivity index (χ0n) is 11.0. The number of allylic oxidation sites excluding steroid dienone is 2. The van der Waals surface area contributed by atoms with Crippen molar-refractivity contribution in [1.82, 2.24) is 4.90 Å². The molecule has 1 aromatic carbocycles. The molecule has 1 aliphatic carbocycles. The number of benzene rings is 1. The van der Waals surface area contributed by atoms with Crippen LogP contribution in [0.5, 0.6) is 0 Å². The number of alkyl halides is 1. The number of likely N-dealkylation sites (N-methyl/N-ethyl adjacent to an activating group) is 1. The van der Waals surface area contributed by atoms with Gasteiger partial charge in [-0.1, -0.05) is 65.1 Å². The highest BCUT2D eigenvalue weighted by Crippen LogP contribution is 2.39. The smallest absolute Gasteiger partial charge is 0.260 e. The highest BCUT2D eigenvalue weighted by molar-refractivity contribution is 14.1. The van der Waals surface area contributed by atoms with E-state index in [9.17, 15) is 9.59 Å². The summed E-state index contributed by atoms with van der Waals surface area (Å²) in [5.41, 5.74) is 2.32. The van der Waals surface area contributed by atoms with Crippen LogP contribution in [-0.4, -0.2) is 28.2 Å². The molecule has 2 amide bonds. The number of rotatable bonds is 2. The van der Waals surface area contributed by atoms with E-state index in [1.807, 2.05) is 30.4 Å². The Labute approximate surface area is 131 Å². The van der Waals surface area contributed by atoms with E-state index in [0.717, 1.165) is 4.43 Å². The molecule has 1 heterocycles. The Morgan fingerprint density at radius 1 is 1.05 bits per heavy atom. The molecule has 3 rings (SSSR count). The summed E-state index contributed by atoms with van der Waals surface area (Å²) in [6.07, 6.45) is 3.95. The molecule has 1 fully saturated rings. The monoisotopic (exact) mass is 379 g/mol. The van der Waals surface area contributed by atoms with Crippen LogP contribution in [0, 0.1) is 5.92 Å². The highest BCUT2D eigenvalue weighted by atomic mass is 127.